The number of sulfonamides is 1. The minimum absolute atomic E-state index is 0.121. The van der Waals surface area contributed by atoms with Crippen LogP contribution in [0.15, 0.2) is 53.4 Å². The zero-order valence-electron chi connectivity index (χ0n) is 17.9. The predicted molar refractivity (Wildman–Crippen MR) is 117 cm³/mol. The lowest BCUT2D eigenvalue weighted by atomic mass is 10.1. The van der Waals surface area contributed by atoms with Crippen LogP contribution in [0.3, 0.4) is 0 Å². The highest BCUT2D eigenvalue weighted by Gasteiger charge is 2.37. The van der Waals surface area contributed by atoms with Crippen LogP contribution in [0.2, 0.25) is 0 Å². The summed E-state index contributed by atoms with van der Waals surface area (Å²) in [6.45, 7) is 2.42. The monoisotopic (exact) mass is 459 g/mol. The summed E-state index contributed by atoms with van der Waals surface area (Å²) in [6.07, 6.45) is -0.835. The number of rotatable bonds is 4. The third kappa shape index (κ3) is 4.15. The van der Waals surface area contributed by atoms with E-state index in [1.54, 1.807) is 35.2 Å². The first-order valence-corrected chi connectivity index (χ1v) is 11.7. The molecule has 9 nitrogen and oxygen atoms in total. The van der Waals surface area contributed by atoms with Crippen LogP contribution >= 0.6 is 0 Å². The van der Waals surface area contributed by atoms with Crippen molar-refractivity contribution in [3.8, 4) is 11.5 Å². The molecule has 2 heterocycles. The zero-order valence-corrected chi connectivity index (χ0v) is 18.7. The molecule has 0 saturated carbocycles. The number of anilines is 1. The summed E-state index contributed by atoms with van der Waals surface area (Å²) in [5, 5.41) is 0. The van der Waals surface area contributed by atoms with E-state index in [0.717, 1.165) is 0 Å². The Kier molecular flexibility index (Phi) is 6.07. The number of fused-ring (bicyclic) bond motifs is 1. The topological polar surface area (TPSA) is 96.5 Å². The van der Waals surface area contributed by atoms with Crippen molar-refractivity contribution in [1.82, 2.24) is 9.21 Å². The lowest BCUT2D eigenvalue weighted by molar-refractivity contribution is -0.140. The van der Waals surface area contributed by atoms with Crippen molar-refractivity contribution in [3.05, 3.63) is 48.5 Å². The Morgan fingerprint density at radius 2 is 1.66 bits per heavy atom. The quantitative estimate of drug-likeness (QED) is 0.685. The van der Waals surface area contributed by atoms with Crippen LogP contribution < -0.4 is 14.4 Å². The Bertz CT molecular complexity index is 1110. The Morgan fingerprint density at radius 1 is 1.00 bits per heavy atom. The van der Waals surface area contributed by atoms with Crippen molar-refractivity contribution in [2.75, 3.05) is 44.7 Å². The van der Waals surface area contributed by atoms with E-state index >= 15 is 0 Å². The number of carbonyl (C=O) groups is 2. The van der Waals surface area contributed by atoms with Gasteiger partial charge in [0.1, 0.15) is 11.5 Å². The molecule has 4 rings (SSSR count). The van der Waals surface area contributed by atoms with Crippen molar-refractivity contribution >= 4 is 27.5 Å². The molecular formula is C22H25N3O6S. The van der Waals surface area contributed by atoms with E-state index in [2.05, 4.69) is 0 Å². The number of benzene rings is 2. The second-order valence-electron chi connectivity index (χ2n) is 7.61. The van der Waals surface area contributed by atoms with E-state index in [-0.39, 0.29) is 49.4 Å². The number of amides is 2. The van der Waals surface area contributed by atoms with E-state index < -0.39 is 16.1 Å². The van der Waals surface area contributed by atoms with Gasteiger partial charge in [0.25, 0.3) is 5.91 Å². The number of carbonyl (C=O) groups excluding carboxylic acids is 2. The van der Waals surface area contributed by atoms with Crippen molar-refractivity contribution in [1.29, 1.82) is 0 Å². The number of para-hydroxylation sites is 2. The Balaban J connectivity index is 1.43. The molecule has 0 N–H and O–H groups in total. The molecule has 0 spiro atoms. The van der Waals surface area contributed by atoms with E-state index in [1.807, 2.05) is 6.07 Å². The largest absolute Gasteiger partial charge is 0.497 e. The van der Waals surface area contributed by atoms with Crippen LogP contribution in [0.1, 0.15) is 6.92 Å². The molecule has 2 aliphatic heterocycles. The highest BCUT2D eigenvalue weighted by atomic mass is 32.2. The molecule has 2 aromatic carbocycles. The van der Waals surface area contributed by atoms with E-state index in [1.165, 1.54) is 35.4 Å². The van der Waals surface area contributed by atoms with Gasteiger partial charge in [-0.2, -0.15) is 4.31 Å². The lowest BCUT2D eigenvalue weighted by Crippen LogP contribution is -2.56. The van der Waals surface area contributed by atoms with Crippen molar-refractivity contribution < 1.29 is 27.5 Å². The van der Waals surface area contributed by atoms with Crippen LogP contribution in [0.5, 0.6) is 11.5 Å². The second-order valence-corrected chi connectivity index (χ2v) is 9.55. The maximum Gasteiger partial charge on any atom is 0.265 e. The summed E-state index contributed by atoms with van der Waals surface area (Å²) < 4.78 is 38.2. The highest BCUT2D eigenvalue weighted by molar-refractivity contribution is 7.89. The molecule has 2 aliphatic rings. The molecule has 0 aliphatic carbocycles. The Labute approximate surface area is 187 Å². The average molecular weight is 460 g/mol. The first-order valence-electron chi connectivity index (χ1n) is 10.3. The highest BCUT2D eigenvalue weighted by Crippen LogP contribution is 2.33. The third-order valence-electron chi connectivity index (χ3n) is 5.68. The van der Waals surface area contributed by atoms with Crippen LogP contribution in [-0.4, -0.2) is 75.4 Å². The SMILES string of the molecule is COc1ccc(S(=O)(=O)N2CCN(C(=O)C3CN(C(C)=O)c4ccccc4O3)CC2)cc1. The maximum atomic E-state index is 13.1. The minimum Gasteiger partial charge on any atom is -0.497 e. The van der Waals surface area contributed by atoms with Gasteiger partial charge in [0.15, 0.2) is 6.10 Å². The first kappa shape index (κ1) is 22.1. The van der Waals surface area contributed by atoms with E-state index in [9.17, 15) is 18.0 Å². The van der Waals surface area contributed by atoms with Gasteiger partial charge in [0.05, 0.1) is 24.2 Å². The molecule has 1 fully saturated rings. The van der Waals surface area contributed by atoms with Crippen molar-refractivity contribution in [3.63, 3.8) is 0 Å². The number of hydrogen-bond donors (Lipinski definition) is 0. The predicted octanol–water partition coefficient (Wildman–Crippen LogP) is 1.34. The second kappa shape index (κ2) is 8.79. The molecule has 10 heteroatoms. The summed E-state index contributed by atoms with van der Waals surface area (Å²) in [6, 6.07) is 13.3. The summed E-state index contributed by atoms with van der Waals surface area (Å²) >= 11 is 0. The molecule has 2 aromatic rings. The lowest BCUT2D eigenvalue weighted by Gasteiger charge is -2.38. The number of piperazine rings is 1. The fourth-order valence-electron chi connectivity index (χ4n) is 3.91. The average Bonchev–Trinajstić information content (AvgIpc) is 2.82. The molecule has 0 aromatic heterocycles. The fraction of sp³-hybridized carbons (Fsp3) is 0.364. The maximum absolute atomic E-state index is 13.1. The summed E-state index contributed by atoms with van der Waals surface area (Å²) in [5.41, 5.74) is 0.638. The minimum atomic E-state index is -3.67. The van der Waals surface area contributed by atoms with E-state index in [0.29, 0.717) is 17.2 Å². The molecule has 1 atom stereocenters. The molecule has 0 bridgehead atoms. The van der Waals surface area contributed by atoms with Gasteiger partial charge < -0.3 is 19.3 Å². The van der Waals surface area contributed by atoms with E-state index in [4.69, 9.17) is 9.47 Å². The molecular weight excluding hydrogens is 434 g/mol. The normalized spacial score (nSPS) is 19.1. The van der Waals surface area contributed by atoms with Crippen LogP contribution in [0, 0.1) is 0 Å². The van der Waals surface area contributed by atoms with Gasteiger partial charge in [-0.3, -0.25) is 9.59 Å². The van der Waals surface area contributed by atoms with Gasteiger partial charge in [-0.05, 0) is 36.4 Å². The number of hydrogen-bond acceptors (Lipinski definition) is 6. The summed E-state index contributed by atoms with van der Waals surface area (Å²) in [4.78, 5) is 28.5. The molecule has 0 radical (unpaired) electrons. The first-order chi connectivity index (χ1) is 15.3. The standard InChI is InChI=1S/C22H25N3O6S/c1-16(26)25-15-21(31-20-6-4-3-5-19(20)25)22(27)23-11-13-24(14-12-23)32(28,29)18-9-7-17(30-2)8-10-18/h3-10,21H,11-15H2,1-2H3. The molecule has 170 valence electrons. The third-order valence-corrected chi connectivity index (χ3v) is 7.59. The Morgan fingerprint density at radius 3 is 2.28 bits per heavy atom. The number of ether oxygens (including phenoxy) is 2. The van der Waals surface area contributed by atoms with Crippen molar-refractivity contribution in [2.24, 2.45) is 0 Å². The number of methoxy groups -OCH3 is 1. The molecule has 1 saturated heterocycles. The zero-order chi connectivity index (χ0) is 22.9. The van der Waals surface area contributed by atoms with Gasteiger partial charge in [-0.15, -0.1) is 0 Å². The van der Waals surface area contributed by atoms with Crippen molar-refractivity contribution in [2.45, 2.75) is 17.9 Å². The number of nitrogens with zero attached hydrogens (tertiary/aromatic N) is 3. The van der Waals surface area contributed by atoms with Gasteiger partial charge >= 0.3 is 0 Å². The molecule has 32 heavy (non-hydrogen) atoms. The Hall–Kier alpha value is -3.11. The fourth-order valence-corrected chi connectivity index (χ4v) is 5.33. The van der Waals surface area contributed by atoms with Crippen LogP contribution in [-0.2, 0) is 19.6 Å². The van der Waals surface area contributed by atoms with Gasteiger partial charge in [0.2, 0.25) is 15.9 Å². The smallest absolute Gasteiger partial charge is 0.265 e. The van der Waals surface area contributed by atoms with Gasteiger partial charge in [-0.1, -0.05) is 12.1 Å². The van der Waals surface area contributed by atoms with Crippen LogP contribution in [0.25, 0.3) is 0 Å². The molecule has 2 amide bonds. The van der Waals surface area contributed by atoms with Gasteiger partial charge in [-0.25, -0.2) is 8.42 Å². The van der Waals surface area contributed by atoms with Gasteiger partial charge in [0, 0.05) is 33.1 Å². The summed E-state index contributed by atoms with van der Waals surface area (Å²) in [5.74, 6) is 0.627. The van der Waals surface area contributed by atoms with Crippen LogP contribution in [0.4, 0.5) is 5.69 Å². The molecule has 1 unspecified atom stereocenters. The summed E-state index contributed by atoms with van der Waals surface area (Å²) in [7, 11) is -2.15.